The number of benzene rings is 1. The Bertz CT molecular complexity index is 654. The first kappa shape index (κ1) is 24.5. The Morgan fingerprint density at radius 2 is 2.11 bits per heavy atom. The summed E-state index contributed by atoms with van der Waals surface area (Å²) in [5.74, 6) is 1.65. The third-order valence-electron chi connectivity index (χ3n) is 4.78. The van der Waals surface area contributed by atoms with Crippen molar-refractivity contribution in [1.29, 1.82) is 0 Å². The third kappa shape index (κ3) is 7.12. The molecule has 1 N–H and O–H groups in total. The summed E-state index contributed by atoms with van der Waals surface area (Å²) in [6.07, 6.45) is 0. The van der Waals surface area contributed by atoms with Gasteiger partial charge in [0.05, 0.1) is 13.0 Å². The highest BCUT2D eigenvalue weighted by Gasteiger charge is 2.36. The quantitative estimate of drug-likeness (QED) is 0.266. The number of carbonyl (C=O) groups is 1. The van der Waals surface area contributed by atoms with Crippen LogP contribution in [0.15, 0.2) is 29.3 Å². The highest BCUT2D eigenvalue weighted by molar-refractivity contribution is 14.0. The smallest absolute Gasteiger partial charge is 0.310 e. The first-order valence-electron chi connectivity index (χ1n) is 9.34. The lowest BCUT2D eigenvalue weighted by Gasteiger charge is -2.21. The Morgan fingerprint density at radius 1 is 1.36 bits per heavy atom. The summed E-state index contributed by atoms with van der Waals surface area (Å²) in [5.41, 5.74) is 1.12. The number of rotatable bonds is 7. The lowest BCUT2D eigenvalue weighted by molar-refractivity contribution is -0.145. The van der Waals surface area contributed by atoms with Crippen molar-refractivity contribution < 1.29 is 14.3 Å². The molecule has 158 valence electrons. The van der Waals surface area contributed by atoms with Gasteiger partial charge < -0.3 is 24.6 Å². The van der Waals surface area contributed by atoms with Crippen LogP contribution in [0.4, 0.5) is 0 Å². The molecule has 1 saturated heterocycles. The van der Waals surface area contributed by atoms with Crippen LogP contribution in [0.2, 0.25) is 0 Å². The summed E-state index contributed by atoms with van der Waals surface area (Å²) in [5, 5.41) is 3.39. The van der Waals surface area contributed by atoms with Gasteiger partial charge in [-0.1, -0.05) is 19.1 Å². The summed E-state index contributed by atoms with van der Waals surface area (Å²) < 4.78 is 10.7. The fourth-order valence-corrected chi connectivity index (χ4v) is 3.20. The Balaban J connectivity index is 0.00000392. The highest BCUT2D eigenvalue weighted by Crippen LogP contribution is 2.24. The van der Waals surface area contributed by atoms with Crippen LogP contribution in [0.3, 0.4) is 0 Å². The number of nitrogens with one attached hydrogen (secondary N) is 1. The fraction of sp³-hybridized carbons (Fsp3) is 0.600. The first-order valence-corrected chi connectivity index (χ1v) is 9.34. The molecule has 0 amide bonds. The van der Waals surface area contributed by atoms with E-state index in [2.05, 4.69) is 33.1 Å². The van der Waals surface area contributed by atoms with E-state index in [1.165, 1.54) is 7.11 Å². The summed E-state index contributed by atoms with van der Waals surface area (Å²) in [4.78, 5) is 20.5. The molecule has 0 aliphatic carbocycles. The monoisotopic (exact) mass is 504 g/mol. The van der Waals surface area contributed by atoms with Gasteiger partial charge in [0.25, 0.3) is 0 Å². The standard InChI is InChI=1S/C20H32N4O3.HI/c1-15-13-24(14-18(15)19(25)26-5)20(21-2)22-12-16-7-6-8-17(11-16)27-10-9-23(3)4;/h6-8,11,15,18H,9-10,12-14H2,1-5H3,(H,21,22);1H. The first-order chi connectivity index (χ1) is 12.9. The largest absolute Gasteiger partial charge is 0.492 e. The predicted octanol–water partition coefficient (Wildman–Crippen LogP) is 2.06. The van der Waals surface area contributed by atoms with Gasteiger partial charge in [0, 0.05) is 33.2 Å². The van der Waals surface area contributed by atoms with Gasteiger partial charge in [0.2, 0.25) is 0 Å². The molecule has 1 fully saturated rings. The molecule has 0 spiro atoms. The summed E-state index contributed by atoms with van der Waals surface area (Å²) in [6, 6.07) is 8.07. The Kier molecular flexibility index (Phi) is 10.6. The maximum absolute atomic E-state index is 11.9. The summed E-state index contributed by atoms with van der Waals surface area (Å²) in [6.45, 7) is 5.67. The summed E-state index contributed by atoms with van der Waals surface area (Å²) in [7, 11) is 7.26. The second-order valence-electron chi connectivity index (χ2n) is 7.21. The predicted molar refractivity (Wildman–Crippen MR) is 122 cm³/mol. The molecule has 1 heterocycles. The summed E-state index contributed by atoms with van der Waals surface area (Å²) >= 11 is 0. The molecule has 2 unspecified atom stereocenters. The van der Waals surface area contributed by atoms with Crippen molar-refractivity contribution >= 4 is 35.9 Å². The van der Waals surface area contributed by atoms with Crippen LogP contribution in [0.1, 0.15) is 12.5 Å². The van der Waals surface area contributed by atoms with Gasteiger partial charge in [-0.3, -0.25) is 9.79 Å². The van der Waals surface area contributed by atoms with Crippen molar-refractivity contribution in [2.24, 2.45) is 16.8 Å². The number of carbonyl (C=O) groups excluding carboxylic acids is 1. The molecule has 8 heteroatoms. The van der Waals surface area contributed by atoms with Crippen LogP contribution in [0.25, 0.3) is 0 Å². The highest BCUT2D eigenvalue weighted by atomic mass is 127. The number of halogens is 1. The van der Waals surface area contributed by atoms with E-state index in [4.69, 9.17) is 9.47 Å². The number of hydrogen-bond acceptors (Lipinski definition) is 5. The molecule has 1 aliphatic heterocycles. The molecule has 1 aromatic rings. The maximum Gasteiger partial charge on any atom is 0.310 e. The number of hydrogen-bond donors (Lipinski definition) is 1. The number of likely N-dealkylation sites (tertiary alicyclic amines) is 1. The fourth-order valence-electron chi connectivity index (χ4n) is 3.20. The van der Waals surface area contributed by atoms with Crippen molar-refractivity contribution in [3.8, 4) is 5.75 Å². The van der Waals surface area contributed by atoms with Crippen molar-refractivity contribution in [1.82, 2.24) is 15.1 Å². The van der Waals surface area contributed by atoms with Crippen LogP contribution in [-0.4, -0.2) is 76.2 Å². The van der Waals surface area contributed by atoms with Crippen LogP contribution in [-0.2, 0) is 16.1 Å². The lowest BCUT2D eigenvalue weighted by Crippen LogP contribution is -2.40. The van der Waals surface area contributed by atoms with E-state index in [0.29, 0.717) is 19.7 Å². The second-order valence-corrected chi connectivity index (χ2v) is 7.21. The molecule has 0 aromatic heterocycles. The number of esters is 1. The van der Waals surface area contributed by atoms with E-state index in [-0.39, 0.29) is 41.8 Å². The van der Waals surface area contributed by atoms with Crippen LogP contribution in [0.5, 0.6) is 5.75 Å². The van der Waals surface area contributed by atoms with Gasteiger partial charge in [0.15, 0.2) is 5.96 Å². The zero-order valence-corrected chi connectivity index (χ0v) is 19.8. The molecule has 1 aliphatic rings. The van der Waals surface area contributed by atoms with Gasteiger partial charge in [-0.05, 0) is 37.7 Å². The van der Waals surface area contributed by atoms with Crippen molar-refractivity contribution in [3.05, 3.63) is 29.8 Å². The molecule has 1 aromatic carbocycles. The van der Waals surface area contributed by atoms with Gasteiger partial charge in [-0.2, -0.15) is 0 Å². The van der Waals surface area contributed by atoms with E-state index < -0.39 is 0 Å². The molecule has 28 heavy (non-hydrogen) atoms. The van der Waals surface area contributed by atoms with Gasteiger partial charge in [-0.15, -0.1) is 24.0 Å². The average molecular weight is 504 g/mol. The Labute approximate surface area is 185 Å². The molecule has 2 rings (SSSR count). The molecule has 2 atom stereocenters. The van der Waals surface area contributed by atoms with Crippen LogP contribution >= 0.6 is 24.0 Å². The average Bonchev–Trinajstić information content (AvgIpc) is 3.03. The minimum absolute atomic E-state index is 0. The molecular formula is C20H33IN4O3. The SMILES string of the molecule is CN=C(NCc1cccc(OCCN(C)C)c1)N1CC(C)C(C(=O)OC)C1.I. The molecule has 0 saturated carbocycles. The van der Waals surface area contributed by atoms with E-state index >= 15 is 0 Å². The van der Waals surface area contributed by atoms with E-state index in [9.17, 15) is 4.79 Å². The van der Waals surface area contributed by atoms with E-state index in [1.54, 1.807) is 7.05 Å². The number of aliphatic imine (C=N–C) groups is 1. The number of likely N-dealkylation sites (N-methyl/N-ethyl adjacent to an activating group) is 1. The van der Waals surface area contributed by atoms with Gasteiger partial charge in [-0.25, -0.2) is 0 Å². The third-order valence-corrected chi connectivity index (χ3v) is 4.78. The maximum atomic E-state index is 11.9. The zero-order chi connectivity index (χ0) is 19.8. The van der Waals surface area contributed by atoms with Crippen molar-refractivity contribution in [2.75, 3.05) is 54.5 Å². The number of nitrogens with zero attached hydrogens (tertiary/aromatic N) is 3. The molecule has 0 bridgehead atoms. The van der Waals surface area contributed by atoms with Crippen LogP contribution in [0, 0.1) is 11.8 Å². The van der Waals surface area contributed by atoms with Gasteiger partial charge >= 0.3 is 5.97 Å². The molecular weight excluding hydrogens is 471 g/mol. The molecule has 0 radical (unpaired) electrons. The minimum atomic E-state index is -0.150. The normalized spacial score (nSPS) is 19.4. The number of ether oxygens (including phenoxy) is 2. The Hall–Kier alpha value is -1.55. The Morgan fingerprint density at radius 3 is 2.75 bits per heavy atom. The topological polar surface area (TPSA) is 66.4 Å². The van der Waals surface area contributed by atoms with Crippen molar-refractivity contribution in [2.45, 2.75) is 13.5 Å². The minimum Gasteiger partial charge on any atom is -0.492 e. The van der Waals surface area contributed by atoms with Crippen LogP contribution < -0.4 is 10.1 Å². The van der Waals surface area contributed by atoms with Gasteiger partial charge in [0.1, 0.15) is 12.4 Å². The zero-order valence-electron chi connectivity index (χ0n) is 17.5. The van der Waals surface area contributed by atoms with E-state index in [0.717, 1.165) is 30.4 Å². The second kappa shape index (κ2) is 12.1. The van der Waals surface area contributed by atoms with E-state index in [1.807, 2.05) is 32.3 Å². The van der Waals surface area contributed by atoms with Crippen molar-refractivity contribution in [3.63, 3.8) is 0 Å². The number of methoxy groups -OCH3 is 1. The lowest BCUT2D eigenvalue weighted by atomic mass is 9.99. The number of guanidine groups is 1. The molecule has 7 nitrogen and oxygen atoms in total.